The quantitative estimate of drug-likeness (QED) is 0.635. The van der Waals surface area contributed by atoms with Gasteiger partial charge in [0.2, 0.25) is 0 Å². The molecular formula is C11H13N3. The fourth-order valence-electron chi connectivity index (χ4n) is 1.21. The number of nitrogens with zero attached hydrogens (tertiary/aromatic N) is 3. The predicted octanol–water partition coefficient (Wildman–Crippen LogP) is 2.47. The molecule has 1 aromatic carbocycles. The molecular weight excluding hydrogens is 174 g/mol. The Hall–Kier alpha value is -1.82. The normalized spacial score (nSPS) is 9.00. The maximum atomic E-state index is 8.65. The molecule has 3 nitrogen and oxygen atoms in total. The van der Waals surface area contributed by atoms with E-state index in [1.54, 1.807) is 16.9 Å². The lowest BCUT2D eigenvalue weighted by atomic mass is 10.2. The fraction of sp³-hybridized carbons (Fsp3) is 0.273. The molecule has 0 atom stereocenters. The first-order chi connectivity index (χ1) is 6.81. The third kappa shape index (κ3) is 1.74. The second-order valence-electron chi connectivity index (χ2n) is 2.65. The summed E-state index contributed by atoms with van der Waals surface area (Å²) in [5, 5.41) is 13.8. The third-order valence-electron chi connectivity index (χ3n) is 1.88. The first-order valence-electron chi connectivity index (χ1n) is 4.63. The van der Waals surface area contributed by atoms with Gasteiger partial charge >= 0.3 is 0 Å². The van der Waals surface area contributed by atoms with Crippen molar-refractivity contribution in [3.05, 3.63) is 30.0 Å². The number of hydrogen-bond acceptors (Lipinski definition) is 2. The highest BCUT2D eigenvalue weighted by molar-refractivity contribution is 5.79. The molecule has 0 saturated carbocycles. The summed E-state index contributed by atoms with van der Waals surface area (Å²) in [6, 6.07) is 7.63. The summed E-state index contributed by atoms with van der Waals surface area (Å²) in [6.45, 7) is 4.00. The van der Waals surface area contributed by atoms with Gasteiger partial charge in [0, 0.05) is 12.4 Å². The minimum Gasteiger partial charge on any atom is -0.268 e. The molecule has 0 aliphatic heterocycles. The molecule has 2 rings (SSSR count). The zero-order valence-electron chi connectivity index (χ0n) is 8.65. The van der Waals surface area contributed by atoms with Gasteiger partial charge in [-0.1, -0.05) is 13.8 Å². The van der Waals surface area contributed by atoms with Gasteiger partial charge in [0.1, 0.15) is 0 Å². The van der Waals surface area contributed by atoms with Crippen LogP contribution in [0.4, 0.5) is 0 Å². The second kappa shape index (κ2) is 4.43. The Kier molecular flexibility index (Phi) is 3.24. The monoisotopic (exact) mass is 187 g/mol. The first kappa shape index (κ1) is 10.3. The number of fused-ring (bicyclic) bond motifs is 1. The van der Waals surface area contributed by atoms with E-state index >= 15 is 0 Å². The average molecular weight is 187 g/mol. The van der Waals surface area contributed by atoms with Crippen molar-refractivity contribution in [3.63, 3.8) is 0 Å². The van der Waals surface area contributed by atoms with E-state index < -0.39 is 0 Å². The Morgan fingerprint density at radius 3 is 2.71 bits per heavy atom. The Morgan fingerprint density at radius 1 is 1.36 bits per heavy atom. The minimum atomic E-state index is 0.672. The Labute approximate surface area is 83.6 Å². The molecule has 1 heterocycles. The van der Waals surface area contributed by atoms with Gasteiger partial charge < -0.3 is 0 Å². The third-order valence-corrected chi connectivity index (χ3v) is 1.88. The van der Waals surface area contributed by atoms with Crippen LogP contribution in [0, 0.1) is 11.3 Å². The molecule has 0 N–H and O–H groups in total. The maximum Gasteiger partial charge on any atom is 0.0992 e. The topological polar surface area (TPSA) is 41.6 Å². The lowest BCUT2D eigenvalue weighted by Crippen LogP contribution is -1.88. The van der Waals surface area contributed by atoms with Gasteiger partial charge in [-0.3, -0.25) is 4.68 Å². The van der Waals surface area contributed by atoms with E-state index in [-0.39, 0.29) is 0 Å². The number of aryl methyl sites for hydroxylation is 1. The lowest BCUT2D eigenvalue weighted by molar-refractivity contribution is 0.797. The number of nitriles is 1. The fourth-order valence-corrected chi connectivity index (χ4v) is 1.21. The molecule has 0 aliphatic rings. The van der Waals surface area contributed by atoms with Crippen LogP contribution in [0.25, 0.3) is 10.9 Å². The van der Waals surface area contributed by atoms with Crippen molar-refractivity contribution in [2.45, 2.75) is 13.8 Å². The van der Waals surface area contributed by atoms with E-state index in [0.717, 1.165) is 10.9 Å². The summed E-state index contributed by atoms with van der Waals surface area (Å²) in [5.74, 6) is 0. The number of rotatable bonds is 0. The summed E-state index contributed by atoms with van der Waals surface area (Å²) in [5.41, 5.74) is 1.67. The molecule has 0 bridgehead atoms. The van der Waals surface area contributed by atoms with Crippen LogP contribution >= 0.6 is 0 Å². The molecule has 0 aliphatic carbocycles. The van der Waals surface area contributed by atoms with Crippen LogP contribution in [-0.4, -0.2) is 9.78 Å². The average Bonchev–Trinajstić information content (AvgIpc) is 2.63. The summed E-state index contributed by atoms with van der Waals surface area (Å²) in [7, 11) is 1.86. The van der Waals surface area contributed by atoms with Crippen LogP contribution in [0.2, 0.25) is 0 Å². The van der Waals surface area contributed by atoms with Crippen LogP contribution < -0.4 is 0 Å². The van der Waals surface area contributed by atoms with Crippen LogP contribution in [0.5, 0.6) is 0 Å². The highest BCUT2D eigenvalue weighted by Crippen LogP contribution is 2.13. The predicted molar refractivity (Wildman–Crippen MR) is 56.8 cm³/mol. The van der Waals surface area contributed by atoms with Gasteiger partial charge in [-0.25, -0.2) is 0 Å². The Bertz CT molecular complexity index is 463. The molecule has 0 unspecified atom stereocenters. The molecule has 0 saturated heterocycles. The molecule has 0 fully saturated rings. The highest BCUT2D eigenvalue weighted by Gasteiger charge is 1.99. The van der Waals surface area contributed by atoms with E-state index in [2.05, 4.69) is 11.2 Å². The molecule has 0 spiro atoms. The van der Waals surface area contributed by atoms with Gasteiger partial charge in [-0.2, -0.15) is 10.4 Å². The molecule has 72 valence electrons. The summed E-state index contributed by atoms with van der Waals surface area (Å²) < 4.78 is 1.76. The van der Waals surface area contributed by atoms with Gasteiger partial charge in [0.05, 0.1) is 23.3 Å². The molecule has 0 amide bonds. The van der Waals surface area contributed by atoms with Crippen molar-refractivity contribution < 1.29 is 0 Å². The van der Waals surface area contributed by atoms with Crippen molar-refractivity contribution in [3.8, 4) is 6.07 Å². The van der Waals surface area contributed by atoms with Crippen molar-refractivity contribution in [1.29, 1.82) is 5.26 Å². The number of aromatic nitrogens is 2. The molecule has 0 radical (unpaired) electrons. The zero-order valence-corrected chi connectivity index (χ0v) is 8.65. The first-order valence-corrected chi connectivity index (χ1v) is 4.63. The van der Waals surface area contributed by atoms with Crippen molar-refractivity contribution in [2.24, 2.45) is 7.05 Å². The van der Waals surface area contributed by atoms with E-state index in [1.165, 1.54) is 0 Å². The smallest absolute Gasteiger partial charge is 0.0992 e. The molecule has 1 aromatic heterocycles. The maximum absolute atomic E-state index is 8.65. The van der Waals surface area contributed by atoms with Gasteiger partial charge in [-0.15, -0.1) is 0 Å². The van der Waals surface area contributed by atoms with Gasteiger partial charge in [-0.05, 0) is 18.2 Å². The Balaban J connectivity index is 0.000000461. The zero-order chi connectivity index (χ0) is 10.6. The summed E-state index contributed by atoms with van der Waals surface area (Å²) in [6.07, 6.45) is 1.79. The summed E-state index contributed by atoms with van der Waals surface area (Å²) >= 11 is 0. The molecule has 14 heavy (non-hydrogen) atoms. The van der Waals surface area contributed by atoms with Crippen molar-refractivity contribution in [2.75, 3.05) is 0 Å². The van der Waals surface area contributed by atoms with Crippen LogP contribution in [-0.2, 0) is 7.05 Å². The van der Waals surface area contributed by atoms with Crippen LogP contribution in [0.3, 0.4) is 0 Å². The van der Waals surface area contributed by atoms with Crippen LogP contribution in [0.15, 0.2) is 24.4 Å². The number of benzene rings is 1. The van der Waals surface area contributed by atoms with Crippen molar-refractivity contribution >= 4 is 10.9 Å². The summed E-state index contributed by atoms with van der Waals surface area (Å²) in [4.78, 5) is 0. The van der Waals surface area contributed by atoms with Gasteiger partial charge in [0.25, 0.3) is 0 Å². The largest absolute Gasteiger partial charge is 0.268 e. The number of hydrogen-bond donors (Lipinski definition) is 0. The standard InChI is InChI=1S/C9H7N3.C2H6/c1-12-9-4-7(5-10)2-3-8(9)6-11-12;1-2/h2-4,6H,1H3;1-2H3. The molecule has 3 heteroatoms. The van der Waals surface area contributed by atoms with Crippen molar-refractivity contribution in [1.82, 2.24) is 9.78 Å². The van der Waals surface area contributed by atoms with E-state index in [0.29, 0.717) is 5.56 Å². The van der Waals surface area contributed by atoms with E-state index in [1.807, 2.05) is 33.0 Å². The molecule has 2 aromatic rings. The van der Waals surface area contributed by atoms with Gasteiger partial charge in [0.15, 0.2) is 0 Å². The van der Waals surface area contributed by atoms with E-state index in [4.69, 9.17) is 5.26 Å². The van der Waals surface area contributed by atoms with E-state index in [9.17, 15) is 0 Å². The minimum absolute atomic E-state index is 0.672. The SMILES string of the molecule is CC.Cn1ncc2ccc(C#N)cc21. The lowest BCUT2D eigenvalue weighted by Gasteiger charge is -1.93. The van der Waals surface area contributed by atoms with Crippen LogP contribution in [0.1, 0.15) is 19.4 Å². The highest BCUT2D eigenvalue weighted by atomic mass is 15.2. The second-order valence-corrected chi connectivity index (χ2v) is 2.65. The Morgan fingerprint density at radius 2 is 2.07 bits per heavy atom.